The predicted octanol–water partition coefficient (Wildman–Crippen LogP) is 2.34. The predicted molar refractivity (Wildman–Crippen MR) is 70.8 cm³/mol. The monoisotopic (exact) mass is 220 g/mol. The Hall–Kier alpha value is -0.860. The van der Waals surface area contributed by atoms with Gasteiger partial charge in [-0.2, -0.15) is 0 Å². The van der Waals surface area contributed by atoms with Crippen LogP contribution in [0.2, 0.25) is 0 Å². The number of nitrogens with one attached hydrogen (secondary N) is 1. The molecule has 0 fully saturated rings. The van der Waals surface area contributed by atoms with Gasteiger partial charge in [0.05, 0.1) is 0 Å². The van der Waals surface area contributed by atoms with Crippen LogP contribution in [-0.2, 0) is 6.54 Å². The molecular weight excluding hydrogens is 196 g/mol. The largest absolute Gasteiger partial charge is 0.320 e. The highest BCUT2D eigenvalue weighted by Gasteiger charge is 2.01. The molecule has 0 bridgehead atoms. The van der Waals surface area contributed by atoms with Crippen molar-refractivity contribution >= 4 is 0 Å². The summed E-state index contributed by atoms with van der Waals surface area (Å²) in [4.78, 5) is 2.38. The minimum Gasteiger partial charge on any atom is -0.320 e. The molecular formula is C14H24N2. The maximum Gasteiger partial charge on any atom is 0.0230 e. The normalized spacial score (nSPS) is 11.1. The van der Waals surface area contributed by atoms with Crippen molar-refractivity contribution in [2.75, 3.05) is 27.2 Å². The van der Waals surface area contributed by atoms with E-state index in [1.54, 1.807) is 0 Å². The Morgan fingerprint density at radius 1 is 1.12 bits per heavy atom. The van der Waals surface area contributed by atoms with Crippen molar-refractivity contribution in [3.63, 3.8) is 0 Å². The third-order valence-electron chi connectivity index (χ3n) is 2.70. The summed E-state index contributed by atoms with van der Waals surface area (Å²) in [5, 5.41) is 3.18. The second kappa shape index (κ2) is 6.66. The van der Waals surface area contributed by atoms with Gasteiger partial charge in [0.1, 0.15) is 0 Å². The number of rotatable bonds is 6. The Bertz CT molecular complexity index is 300. The highest BCUT2D eigenvalue weighted by molar-refractivity contribution is 5.28. The van der Waals surface area contributed by atoms with E-state index in [0.717, 1.165) is 19.6 Å². The zero-order valence-corrected chi connectivity index (χ0v) is 11.0. The number of benzene rings is 1. The average molecular weight is 220 g/mol. The molecule has 1 N–H and O–H groups in total. The van der Waals surface area contributed by atoms with Crippen molar-refractivity contribution in [2.24, 2.45) is 0 Å². The number of nitrogens with zero attached hydrogens (tertiary/aromatic N) is 1. The van der Waals surface area contributed by atoms with Gasteiger partial charge in [-0.3, -0.25) is 0 Å². The zero-order valence-electron chi connectivity index (χ0n) is 11.0. The summed E-state index contributed by atoms with van der Waals surface area (Å²) >= 11 is 0. The Morgan fingerprint density at radius 3 is 2.31 bits per heavy atom. The molecule has 0 aromatic heterocycles. The molecule has 0 aliphatic heterocycles. The topological polar surface area (TPSA) is 15.3 Å². The summed E-state index contributed by atoms with van der Waals surface area (Å²) in [7, 11) is 4.19. The van der Waals surface area contributed by atoms with Crippen molar-refractivity contribution in [2.45, 2.75) is 26.8 Å². The van der Waals surface area contributed by atoms with Gasteiger partial charge in [0.25, 0.3) is 0 Å². The molecule has 0 radical (unpaired) electrons. The summed E-state index contributed by atoms with van der Waals surface area (Å²) in [6.07, 6.45) is 1.21. The van der Waals surface area contributed by atoms with E-state index in [1.807, 2.05) is 7.05 Å². The number of aryl methyl sites for hydroxylation is 2. The van der Waals surface area contributed by atoms with E-state index in [2.05, 4.69) is 49.3 Å². The van der Waals surface area contributed by atoms with E-state index in [0.29, 0.717) is 0 Å². The number of hydrogen-bond donors (Lipinski definition) is 1. The van der Waals surface area contributed by atoms with Crippen molar-refractivity contribution in [3.8, 4) is 0 Å². The maximum atomic E-state index is 3.18. The fourth-order valence-corrected chi connectivity index (χ4v) is 2.08. The highest BCUT2D eigenvalue weighted by atomic mass is 15.1. The van der Waals surface area contributed by atoms with Gasteiger partial charge in [-0.1, -0.05) is 29.3 Å². The van der Waals surface area contributed by atoms with Crippen LogP contribution in [0.15, 0.2) is 18.2 Å². The van der Waals surface area contributed by atoms with Gasteiger partial charge in [0, 0.05) is 6.54 Å². The smallest absolute Gasteiger partial charge is 0.0230 e. The van der Waals surface area contributed by atoms with Crippen LogP contribution < -0.4 is 5.32 Å². The first kappa shape index (κ1) is 13.2. The van der Waals surface area contributed by atoms with E-state index in [1.165, 1.54) is 23.1 Å². The van der Waals surface area contributed by atoms with Crippen molar-refractivity contribution in [1.82, 2.24) is 10.2 Å². The maximum absolute atomic E-state index is 3.18. The molecule has 0 aliphatic carbocycles. The zero-order chi connectivity index (χ0) is 12.0. The molecule has 0 saturated carbocycles. The molecule has 0 aliphatic rings. The summed E-state index contributed by atoms with van der Waals surface area (Å²) in [5.41, 5.74) is 4.14. The minimum atomic E-state index is 1.05. The summed E-state index contributed by atoms with van der Waals surface area (Å²) in [6, 6.07) is 6.79. The molecule has 1 aromatic rings. The fraction of sp³-hybridized carbons (Fsp3) is 0.571. The Morgan fingerprint density at radius 2 is 1.75 bits per heavy atom. The van der Waals surface area contributed by atoms with E-state index in [4.69, 9.17) is 0 Å². The van der Waals surface area contributed by atoms with Crippen LogP contribution in [0.3, 0.4) is 0 Å². The van der Waals surface area contributed by atoms with Crippen LogP contribution in [0.1, 0.15) is 23.1 Å². The molecule has 2 nitrogen and oxygen atoms in total. The van der Waals surface area contributed by atoms with Crippen LogP contribution in [0, 0.1) is 13.8 Å². The Labute approximate surface area is 99.7 Å². The molecule has 90 valence electrons. The second-order valence-electron chi connectivity index (χ2n) is 4.69. The van der Waals surface area contributed by atoms with Gasteiger partial charge in [-0.25, -0.2) is 0 Å². The van der Waals surface area contributed by atoms with Crippen molar-refractivity contribution in [1.29, 1.82) is 0 Å². The first-order valence-corrected chi connectivity index (χ1v) is 6.02. The lowest BCUT2D eigenvalue weighted by atomic mass is 10.1. The quantitative estimate of drug-likeness (QED) is 0.740. The van der Waals surface area contributed by atoms with Gasteiger partial charge in [0.15, 0.2) is 0 Å². The minimum absolute atomic E-state index is 1.05. The molecule has 16 heavy (non-hydrogen) atoms. The van der Waals surface area contributed by atoms with Crippen molar-refractivity contribution in [3.05, 3.63) is 34.9 Å². The van der Waals surface area contributed by atoms with Gasteiger partial charge in [-0.05, 0) is 53.0 Å². The van der Waals surface area contributed by atoms with Crippen LogP contribution in [0.5, 0.6) is 0 Å². The highest BCUT2D eigenvalue weighted by Crippen LogP contribution is 2.10. The molecule has 1 rings (SSSR count). The Balaban J connectivity index is 2.45. The average Bonchev–Trinajstić information content (AvgIpc) is 2.16. The third-order valence-corrected chi connectivity index (χ3v) is 2.70. The summed E-state index contributed by atoms with van der Waals surface area (Å²) < 4.78 is 0. The van der Waals surface area contributed by atoms with Crippen LogP contribution in [0.25, 0.3) is 0 Å². The molecule has 2 heteroatoms. The van der Waals surface area contributed by atoms with Gasteiger partial charge in [-0.15, -0.1) is 0 Å². The van der Waals surface area contributed by atoms with Crippen LogP contribution in [0.4, 0.5) is 0 Å². The van der Waals surface area contributed by atoms with E-state index < -0.39 is 0 Å². The SMILES string of the molecule is CNCCCN(C)Cc1cc(C)cc(C)c1. The molecule has 0 saturated heterocycles. The van der Waals surface area contributed by atoms with Crippen molar-refractivity contribution < 1.29 is 0 Å². The molecule has 0 spiro atoms. The molecule has 0 atom stereocenters. The lowest BCUT2D eigenvalue weighted by Gasteiger charge is -2.17. The lowest BCUT2D eigenvalue weighted by Crippen LogP contribution is -2.22. The molecule has 0 heterocycles. The standard InChI is InChI=1S/C14H24N2/c1-12-8-13(2)10-14(9-12)11-16(4)7-5-6-15-3/h8-10,15H,5-7,11H2,1-4H3. The Kier molecular flexibility index (Phi) is 5.50. The van der Waals surface area contributed by atoms with E-state index in [-0.39, 0.29) is 0 Å². The first-order valence-electron chi connectivity index (χ1n) is 6.02. The summed E-state index contributed by atoms with van der Waals surface area (Å²) in [5.74, 6) is 0. The molecule has 0 unspecified atom stereocenters. The second-order valence-corrected chi connectivity index (χ2v) is 4.69. The lowest BCUT2D eigenvalue weighted by molar-refractivity contribution is 0.321. The number of hydrogen-bond acceptors (Lipinski definition) is 2. The van der Waals surface area contributed by atoms with Crippen LogP contribution in [-0.4, -0.2) is 32.1 Å². The summed E-state index contributed by atoms with van der Waals surface area (Å²) in [6.45, 7) is 7.62. The van der Waals surface area contributed by atoms with Gasteiger partial charge >= 0.3 is 0 Å². The van der Waals surface area contributed by atoms with Crippen LogP contribution >= 0.6 is 0 Å². The third kappa shape index (κ3) is 4.77. The van der Waals surface area contributed by atoms with Gasteiger partial charge < -0.3 is 10.2 Å². The first-order chi connectivity index (χ1) is 7.61. The van der Waals surface area contributed by atoms with E-state index >= 15 is 0 Å². The fourth-order valence-electron chi connectivity index (χ4n) is 2.08. The van der Waals surface area contributed by atoms with E-state index in [9.17, 15) is 0 Å². The van der Waals surface area contributed by atoms with Gasteiger partial charge in [0.2, 0.25) is 0 Å². The molecule has 1 aromatic carbocycles. The molecule has 0 amide bonds.